The highest BCUT2D eigenvalue weighted by molar-refractivity contribution is 5.98. The van der Waals surface area contributed by atoms with Gasteiger partial charge in [-0.3, -0.25) is 14.6 Å². The number of amides is 1. The largest absolute Gasteiger partial charge is 0.343 e. The molecule has 2 aromatic carbocycles. The number of nitrogens with zero attached hydrogens (tertiary/aromatic N) is 2. The van der Waals surface area contributed by atoms with Crippen molar-refractivity contribution >= 4 is 22.5 Å². The number of fused-ring (bicyclic) bond motifs is 1. The first-order valence-corrected chi connectivity index (χ1v) is 9.92. The first kappa shape index (κ1) is 18.4. The Labute approximate surface area is 165 Å². The third-order valence-electron chi connectivity index (χ3n) is 5.66. The number of likely N-dealkylation sites (tertiary alicyclic amines) is 1. The smallest absolute Gasteiger partial charge is 0.222 e. The van der Waals surface area contributed by atoms with E-state index < -0.39 is 0 Å². The van der Waals surface area contributed by atoms with Gasteiger partial charge in [-0.25, -0.2) is 0 Å². The zero-order valence-corrected chi connectivity index (χ0v) is 16.1. The Morgan fingerprint density at radius 1 is 0.964 bits per heavy atom. The lowest BCUT2D eigenvalue weighted by Gasteiger charge is -2.31. The van der Waals surface area contributed by atoms with E-state index in [-0.39, 0.29) is 17.6 Å². The van der Waals surface area contributed by atoms with Crippen molar-refractivity contribution in [2.24, 2.45) is 5.92 Å². The van der Waals surface area contributed by atoms with Gasteiger partial charge < -0.3 is 4.90 Å². The topological polar surface area (TPSA) is 50.3 Å². The van der Waals surface area contributed by atoms with Gasteiger partial charge in [-0.05, 0) is 41.5 Å². The fraction of sp³-hybridized carbons (Fsp3) is 0.292. The molecule has 0 aliphatic carbocycles. The Balaban J connectivity index is 1.47. The molecule has 28 heavy (non-hydrogen) atoms. The van der Waals surface area contributed by atoms with Crippen LogP contribution in [0.5, 0.6) is 0 Å². The first-order valence-electron chi connectivity index (χ1n) is 9.92. The number of pyridine rings is 1. The number of rotatable bonds is 4. The van der Waals surface area contributed by atoms with Crippen molar-refractivity contribution in [2.75, 3.05) is 13.1 Å². The van der Waals surface area contributed by atoms with Crippen molar-refractivity contribution in [1.82, 2.24) is 9.88 Å². The Hall–Kier alpha value is -3.01. The average Bonchev–Trinajstić information content (AvgIpc) is 2.78. The zero-order valence-electron chi connectivity index (χ0n) is 16.1. The summed E-state index contributed by atoms with van der Waals surface area (Å²) in [7, 11) is 0. The molecule has 0 unspecified atom stereocenters. The second kappa shape index (κ2) is 7.93. The summed E-state index contributed by atoms with van der Waals surface area (Å²) < 4.78 is 0. The SMILES string of the molecule is CCC(=O)N1CCC(C(=O)c2ccc(-c3ccc4cnccc4c3)cc2)CC1. The summed E-state index contributed by atoms with van der Waals surface area (Å²) in [4.78, 5) is 30.7. The number of hydrogen-bond acceptors (Lipinski definition) is 3. The summed E-state index contributed by atoms with van der Waals surface area (Å²) >= 11 is 0. The molecular formula is C24H24N2O2. The molecule has 1 amide bonds. The van der Waals surface area contributed by atoms with Gasteiger partial charge >= 0.3 is 0 Å². The maximum atomic E-state index is 12.9. The van der Waals surface area contributed by atoms with Crippen molar-refractivity contribution in [3.05, 3.63) is 66.5 Å². The van der Waals surface area contributed by atoms with Crippen LogP contribution in [0.4, 0.5) is 0 Å². The second-order valence-electron chi connectivity index (χ2n) is 7.39. The van der Waals surface area contributed by atoms with Crippen LogP contribution in [-0.2, 0) is 4.79 Å². The van der Waals surface area contributed by atoms with Crippen molar-refractivity contribution in [2.45, 2.75) is 26.2 Å². The molecule has 0 saturated carbocycles. The molecule has 1 saturated heterocycles. The first-order chi connectivity index (χ1) is 13.7. The lowest BCUT2D eigenvalue weighted by atomic mass is 9.88. The van der Waals surface area contributed by atoms with Gasteiger partial charge in [0.1, 0.15) is 0 Å². The number of carbonyl (C=O) groups excluding carboxylic acids is 2. The summed E-state index contributed by atoms with van der Waals surface area (Å²) in [6, 6.07) is 16.2. The van der Waals surface area contributed by atoms with Crippen LogP contribution in [-0.4, -0.2) is 34.7 Å². The van der Waals surface area contributed by atoms with Gasteiger partial charge in [-0.2, -0.15) is 0 Å². The highest BCUT2D eigenvalue weighted by atomic mass is 16.2. The Morgan fingerprint density at radius 2 is 1.68 bits per heavy atom. The highest BCUT2D eigenvalue weighted by Gasteiger charge is 2.27. The minimum Gasteiger partial charge on any atom is -0.343 e. The quantitative estimate of drug-likeness (QED) is 0.622. The van der Waals surface area contributed by atoms with Crippen LogP contribution in [0, 0.1) is 5.92 Å². The van der Waals surface area contributed by atoms with Crippen molar-refractivity contribution in [1.29, 1.82) is 0 Å². The number of benzene rings is 2. The number of aromatic nitrogens is 1. The van der Waals surface area contributed by atoms with Gasteiger partial charge in [0.2, 0.25) is 5.91 Å². The average molecular weight is 372 g/mol. The molecule has 1 aromatic heterocycles. The molecule has 4 heteroatoms. The van der Waals surface area contributed by atoms with E-state index in [9.17, 15) is 9.59 Å². The number of piperidine rings is 1. The van der Waals surface area contributed by atoms with Crippen LogP contribution in [0.1, 0.15) is 36.5 Å². The van der Waals surface area contributed by atoms with Crippen LogP contribution in [0.25, 0.3) is 21.9 Å². The predicted molar refractivity (Wildman–Crippen MR) is 111 cm³/mol. The van der Waals surface area contributed by atoms with Gasteiger partial charge in [0.15, 0.2) is 5.78 Å². The van der Waals surface area contributed by atoms with Crippen LogP contribution in [0.15, 0.2) is 60.9 Å². The van der Waals surface area contributed by atoms with Gasteiger partial charge in [-0.15, -0.1) is 0 Å². The van der Waals surface area contributed by atoms with Crippen molar-refractivity contribution in [3.8, 4) is 11.1 Å². The third kappa shape index (κ3) is 3.68. The fourth-order valence-corrected chi connectivity index (χ4v) is 3.94. The standard InChI is InChI=1S/C24H24N2O2/c1-2-23(27)26-13-10-19(11-14-26)24(28)18-5-3-17(4-6-18)20-7-8-22-16-25-12-9-21(22)15-20/h3-9,12,15-16,19H,2,10-11,13-14H2,1H3. The predicted octanol–water partition coefficient (Wildman–Crippen LogP) is 4.73. The van der Waals surface area contributed by atoms with Gasteiger partial charge in [0, 0.05) is 48.8 Å². The number of hydrogen-bond donors (Lipinski definition) is 0. The number of Topliss-reactive ketones (excluding diaryl/α,β-unsaturated/α-hetero) is 1. The molecule has 1 aliphatic heterocycles. The monoisotopic (exact) mass is 372 g/mol. The zero-order chi connectivity index (χ0) is 19.5. The molecule has 0 atom stereocenters. The fourth-order valence-electron chi connectivity index (χ4n) is 3.94. The summed E-state index contributed by atoms with van der Waals surface area (Å²) in [5, 5.41) is 2.27. The van der Waals surface area contributed by atoms with Crippen LogP contribution < -0.4 is 0 Å². The van der Waals surface area contributed by atoms with E-state index in [0.29, 0.717) is 19.5 Å². The van der Waals surface area contributed by atoms with Gasteiger partial charge in [0.25, 0.3) is 0 Å². The van der Waals surface area contributed by atoms with E-state index in [1.807, 2.05) is 48.4 Å². The van der Waals surface area contributed by atoms with E-state index in [1.54, 1.807) is 6.20 Å². The molecule has 0 bridgehead atoms. The minimum atomic E-state index is 0.0138. The van der Waals surface area contributed by atoms with Crippen LogP contribution in [0.3, 0.4) is 0 Å². The Bertz CT molecular complexity index is 1000. The van der Waals surface area contributed by atoms with E-state index in [4.69, 9.17) is 0 Å². The van der Waals surface area contributed by atoms with Crippen LogP contribution >= 0.6 is 0 Å². The van der Waals surface area contributed by atoms with Gasteiger partial charge in [-0.1, -0.05) is 43.3 Å². The van der Waals surface area contributed by atoms with Crippen molar-refractivity contribution < 1.29 is 9.59 Å². The molecule has 2 heterocycles. The molecule has 4 nitrogen and oxygen atoms in total. The Morgan fingerprint density at radius 3 is 2.39 bits per heavy atom. The van der Waals surface area contributed by atoms with Crippen molar-refractivity contribution in [3.63, 3.8) is 0 Å². The summed E-state index contributed by atoms with van der Waals surface area (Å²) in [6.07, 6.45) is 5.70. The molecule has 0 N–H and O–H groups in total. The van der Waals surface area contributed by atoms with E-state index in [0.717, 1.165) is 40.3 Å². The van der Waals surface area contributed by atoms with Gasteiger partial charge in [0.05, 0.1) is 0 Å². The van der Waals surface area contributed by atoms with Crippen LogP contribution in [0.2, 0.25) is 0 Å². The molecule has 3 aromatic rings. The number of ketones is 1. The molecule has 142 valence electrons. The summed E-state index contributed by atoms with van der Waals surface area (Å²) in [5.74, 6) is 0.390. The molecule has 0 radical (unpaired) electrons. The van der Waals surface area contributed by atoms with E-state index >= 15 is 0 Å². The second-order valence-corrected chi connectivity index (χ2v) is 7.39. The van der Waals surface area contributed by atoms with E-state index in [2.05, 4.69) is 23.2 Å². The Kier molecular flexibility index (Phi) is 5.20. The molecule has 1 fully saturated rings. The molecule has 0 spiro atoms. The minimum absolute atomic E-state index is 0.0138. The molecule has 4 rings (SSSR count). The lowest BCUT2D eigenvalue weighted by molar-refractivity contribution is -0.132. The number of carbonyl (C=O) groups is 2. The molecular weight excluding hydrogens is 348 g/mol. The normalized spacial score (nSPS) is 15.0. The van der Waals surface area contributed by atoms with E-state index in [1.165, 1.54) is 0 Å². The third-order valence-corrected chi connectivity index (χ3v) is 5.66. The summed E-state index contributed by atoms with van der Waals surface area (Å²) in [5.41, 5.74) is 2.98. The maximum Gasteiger partial charge on any atom is 0.222 e. The molecule has 1 aliphatic rings. The summed E-state index contributed by atoms with van der Waals surface area (Å²) in [6.45, 7) is 3.26. The lowest BCUT2D eigenvalue weighted by Crippen LogP contribution is -2.39. The maximum absolute atomic E-state index is 12.9. The highest BCUT2D eigenvalue weighted by Crippen LogP contribution is 2.26.